The number of methoxy groups -OCH3 is 1. The molecule has 1 heterocycles. The Morgan fingerprint density at radius 2 is 1.69 bits per heavy atom. The molecule has 0 radical (unpaired) electrons. The van der Waals surface area contributed by atoms with Gasteiger partial charge >= 0.3 is 0 Å². The molecule has 0 aliphatic rings. The molecule has 26 heavy (non-hydrogen) atoms. The van der Waals surface area contributed by atoms with Crippen LogP contribution in [0.15, 0.2) is 42.5 Å². The van der Waals surface area contributed by atoms with Crippen LogP contribution < -0.4 is 15.4 Å². The Hall–Kier alpha value is -2.79. The van der Waals surface area contributed by atoms with E-state index < -0.39 is 0 Å². The maximum Gasteiger partial charge on any atom is 0.229 e. The molecule has 6 heteroatoms. The van der Waals surface area contributed by atoms with Crippen LogP contribution in [-0.4, -0.2) is 17.1 Å². The molecule has 5 nitrogen and oxygen atoms in total. The first-order valence-corrected chi connectivity index (χ1v) is 8.63. The van der Waals surface area contributed by atoms with Gasteiger partial charge in [-0.2, -0.15) is 4.98 Å². The van der Waals surface area contributed by atoms with Gasteiger partial charge in [-0.15, -0.1) is 0 Å². The van der Waals surface area contributed by atoms with Gasteiger partial charge in [0.2, 0.25) is 5.95 Å². The summed E-state index contributed by atoms with van der Waals surface area (Å²) in [5, 5.41) is 7.15. The second kappa shape index (κ2) is 7.62. The molecule has 0 amide bonds. The molecule has 0 aliphatic carbocycles. The number of hydrogen-bond acceptors (Lipinski definition) is 5. The standard InChI is InChI=1S/C20H21ClN4O/c1-12-5-7-16(13(2)9-12)23-19-10-14(3)22-20(25-19)24-17-11-15(21)6-8-18(17)26-4/h5-11H,1-4H3,(H2,22,23,24,25). The first-order chi connectivity index (χ1) is 12.4. The van der Waals surface area contributed by atoms with Crippen molar-refractivity contribution < 1.29 is 4.74 Å². The van der Waals surface area contributed by atoms with Crippen LogP contribution in [0.5, 0.6) is 5.75 Å². The van der Waals surface area contributed by atoms with Gasteiger partial charge in [0, 0.05) is 22.5 Å². The minimum absolute atomic E-state index is 0.470. The van der Waals surface area contributed by atoms with E-state index in [2.05, 4.69) is 52.6 Å². The number of aryl methyl sites for hydroxylation is 3. The van der Waals surface area contributed by atoms with Gasteiger partial charge in [-0.3, -0.25) is 0 Å². The van der Waals surface area contributed by atoms with E-state index in [0.29, 0.717) is 28.2 Å². The average molecular weight is 369 g/mol. The molecule has 2 aromatic carbocycles. The SMILES string of the molecule is COc1ccc(Cl)cc1Nc1nc(C)cc(Nc2ccc(C)cc2C)n1. The van der Waals surface area contributed by atoms with Gasteiger partial charge in [-0.05, 0) is 50.6 Å². The van der Waals surface area contributed by atoms with Crippen LogP contribution in [-0.2, 0) is 0 Å². The van der Waals surface area contributed by atoms with E-state index in [1.54, 1.807) is 25.3 Å². The lowest BCUT2D eigenvalue weighted by Gasteiger charge is -2.13. The maximum atomic E-state index is 6.09. The summed E-state index contributed by atoms with van der Waals surface area (Å²) in [6, 6.07) is 13.5. The molecule has 0 saturated heterocycles. The Bertz CT molecular complexity index is 943. The Balaban J connectivity index is 1.89. The highest BCUT2D eigenvalue weighted by molar-refractivity contribution is 6.31. The predicted octanol–water partition coefficient (Wildman–Crippen LogP) is 5.55. The van der Waals surface area contributed by atoms with Crippen LogP contribution in [0.3, 0.4) is 0 Å². The fourth-order valence-electron chi connectivity index (χ4n) is 2.68. The first kappa shape index (κ1) is 18.0. The van der Waals surface area contributed by atoms with Crippen molar-refractivity contribution in [3.8, 4) is 5.75 Å². The third kappa shape index (κ3) is 4.24. The average Bonchev–Trinajstić information content (AvgIpc) is 2.57. The van der Waals surface area contributed by atoms with Crippen LogP contribution in [0.2, 0.25) is 5.02 Å². The van der Waals surface area contributed by atoms with Crippen molar-refractivity contribution in [3.63, 3.8) is 0 Å². The second-order valence-corrected chi connectivity index (χ2v) is 6.57. The Labute approximate surface area is 158 Å². The highest BCUT2D eigenvalue weighted by atomic mass is 35.5. The van der Waals surface area contributed by atoms with Gasteiger partial charge in [-0.25, -0.2) is 4.98 Å². The number of ether oxygens (including phenoxy) is 1. The second-order valence-electron chi connectivity index (χ2n) is 6.13. The summed E-state index contributed by atoms with van der Waals surface area (Å²) in [4.78, 5) is 9.01. The summed E-state index contributed by atoms with van der Waals surface area (Å²) < 4.78 is 5.36. The van der Waals surface area contributed by atoms with Gasteiger partial charge in [-0.1, -0.05) is 29.3 Å². The fraction of sp³-hybridized carbons (Fsp3) is 0.200. The molecule has 0 fully saturated rings. The molecule has 3 aromatic rings. The van der Waals surface area contributed by atoms with Crippen molar-refractivity contribution in [2.75, 3.05) is 17.7 Å². The van der Waals surface area contributed by atoms with Crippen LogP contribution >= 0.6 is 11.6 Å². The first-order valence-electron chi connectivity index (χ1n) is 8.25. The minimum atomic E-state index is 0.470. The smallest absolute Gasteiger partial charge is 0.229 e. The number of anilines is 4. The van der Waals surface area contributed by atoms with E-state index in [9.17, 15) is 0 Å². The highest BCUT2D eigenvalue weighted by Gasteiger charge is 2.09. The zero-order valence-electron chi connectivity index (χ0n) is 15.2. The molecule has 0 aliphatic heterocycles. The minimum Gasteiger partial charge on any atom is -0.495 e. The van der Waals surface area contributed by atoms with E-state index in [1.165, 1.54) is 5.56 Å². The number of halogens is 1. The van der Waals surface area contributed by atoms with Crippen molar-refractivity contribution in [3.05, 3.63) is 64.3 Å². The van der Waals surface area contributed by atoms with Crippen molar-refractivity contribution >= 4 is 34.7 Å². The number of nitrogens with one attached hydrogen (secondary N) is 2. The van der Waals surface area contributed by atoms with Crippen LogP contribution in [0.4, 0.5) is 23.1 Å². The molecular formula is C20H21ClN4O. The number of aromatic nitrogens is 2. The van der Waals surface area contributed by atoms with Crippen LogP contribution in [0.1, 0.15) is 16.8 Å². The lowest BCUT2D eigenvalue weighted by Crippen LogP contribution is -2.04. The molecule has 0 atom stereocenters. The van der Waals surface area contributed by atoms with Gasteiger partial charge in [0.25, 0.3) is 0 Å². The van der Waals surface area contributed by atoms with E-state index in [0.717, 1.165) is 16.9 Å². The number of hydrogen-bond donors (Lipinski definition) is 2. The van der Waals surface area contributed by atoms with Crippen molar-refractivity contribution in [2.45, 2.75) is 20.8 Å². The summed E-state index contributed by atoms with van der Waals surface area (Å²) in [5.74, 6) is 1.86. The summed E-state index contributed by atoms with van der Waals surface area (Å²) in [7, 11) is 1.61. The van der Waals surface area contributed by atoms with E-state index in [1.807, 2.05) is 13.0 Å². The van der Waals surface area contributed by atoms with Crippen LogP contribution in [0.25, 0.3) is 0 Å². The monoisotopic (exact) mass is 368 g/mol. The normalized spacial score (nSPS) is 10.5. The number of nitrogens with zero attached hydrogens (tertiary/aromatic N) is 2. The lowest BCUT2D eigenvalue weighted by atomic mass is 10.1. The fourth-order valence-corrected chi connectivity index (χ4v) is 2.85. The summed E-state index contributed by atoms with van der Waals surface area (Å²) in [6.07, 6.45) is 0. The topological polar surface area (TPSA) is 59.1 Å². The van der Waals surface area contributed by atoms with Gasteiger partial charge < -0.3 is 15.4 Å². The molecular weight excluding hydrogens is 348 g/mol. The van der Waals surface area contributed by atoms with E-state index >= 15 is 0 Å². The molecule has 1 aromatic heterocycles. The summed E-state index contributed by atoms with van der Waals surface area (Å²) >= 11 is 6.09. The predicted molar refractivity (Wildman–Crippen MR) is 107 cm³/mol. The number of rotatable bonds is 5. The zero-order chi connectivity index (χ0) is 18.7. The van der Waals surface area contributed by atoms with Crippen molar-refractivity contribution in [1.29, 1.82) is 0 Å². The quantitative estimate of drug-likeness (QED) is 0.618. The molecule has 134 valence electrons. The van der Waals surface area contributed by atoms with E-state index in [4.69, 9.17) is 16.3 Å². The zero-order valence-corrected chi connectivity index (χ0v) is 16.0. The summed E-state index contributed by atoms with van der Waals surface area (Å²) in [5.41, 5.74) is 4.95. The molecule has 0 bridgehead atoms. The third-order valence-electron chi connectivity index (χ3n) is 3.91. The largest absolute Gasteiger partial charge is 0.495 e. The molecule has 0 spiro atoms. The van der Waals surface area contributed by atoms with Gasteiger partial charge in [0.1, 0.15) is 11.6 Å². The Morgan fingerprint density at radius 1 is 0.885 bits per heavy atom. The van der Waals surface area contributed by atoms with Gasteiger partial charge in [0.05, 0.1) is 12.8 Å². The highest BCUT2D eigenvalue weighted by Crippen LogP contribution is 2.30. The maximum absolute atomic E-state index is 6.09. The molecule has 2 N–H and O–H groups in total. The Kier molecular flexibility index (Phi) is 5.28. The Morgan fingerprint density at radius 3 is 2.42 bits per heavy atom. The van der Waals surface area contributed by atoms with Crippen molar-refractivity contribution in [2.24, 2.45) is 0 Å². The van der Waals surface area contributed by atoms with Crippen LogP contribution in [0, 0.1) is 20.8 Å². The number of benzene rings is 2. The third-order valence-corrected chi connectivity index (χ3v) is 4.14. The van der Waals surface area contributed by atoms with Crippen molar-refractivity contribution in [1.82, 2.24) is 9.97 Å². The molecule has 0 unspecified atom stereocenters. The van der Waals surface area contributed by atoms with Gasteiger partial charge in [0.15, 0.2) is 0 Å². The molecule has 3 rings (SSSR count). The molecule has 0 saturated carbocycles. The summed E-state index contributed by atoms with van der Waals surface area (Å²) in [6.45, 7) is 6.07. The van der Waals surface area contributed by atoms with E-state index in [-0.39, 0.29) is 0 Å². The lowest BCUT2D eigenvalue weighted by molar-refractivity contribution is 0.417.